The van der Waals surface area contributed by atoms with Crippen LogP contribution < -0.4 is 15.1 Å². The molecule has 2 unspecified atom stereocenters. The van der Waals surface area contributed by atoms with Crippen molar-refractivity contribution in [1.82, 2.24) is 4.98 Å². The third kappa shape index (κ3) is 2.85. The number of anilines is 3. The Balaban J connectivity index is 1.27. The summed E-state index contributed by atoms with van der Waals surface area (Å²) in [5.41, 5.74) is 7.20. The number of aryl methyl sites for hydroxylation is 1. The topological polar surface area (TPSA) is 53.8 Å². The molecule has 150 valence electrons. The summed E-state index contributed by atoms with van der Waals surface area (Å²) in [6, 6.07) is 14.4. The molecule has 2 atom stereocenters. The van der Waals surface area contributed by atoms with Crippen molar-refractivity contribution in [2.45, 2.75) is 25.3 Å². The number of nitrogens with zero attached hydrogens (tertiary/aromatic N) is 3. The van der Waals surface area contributed by atoms with Gasteiger partial charge in [0.05, 0.1) is 13.2 Å². The van der Waals surface area contributed by atoms with Gasteiger partial charge >= 0.3 is 0 Å². The van der Waals surface area contributed by atoms with Crippen molar-refractivity contribution in [2.75, 3.05) is 54.5 Å². The minimum atomic E-state index is 0.538. The van der Waals surface area contributed by atoms with E-state index < -0.39 is 0 Å². The van der Waals surface area contributed by atoms with E-state index in [0.717, 1.165) is 56.9 Å². The second-order valence-corrected chi connectivity index (χ2v) is 8.38. The molecule has 1 N–H and O–H groups in total. The van der Waals surface area contributed by atoms with E-state index in [0.29, 0.717) is 18.0 Å². The second kappa shape index (κ2) is 6.66. The molecule has 0 amide bonds. The van der Waals surface area contributed by atoms with Crippen molar-refractivity contribution >= 4 is 28.5 Å². The van der Waals surface area contributed by atoms with Crippen LogP contribution >= 0.6 is 0 Å². The molecule has 0 spiro atoms. The van der Waals surface area contributed by atoms with Gasteiger partial charge in [-0.3, -0.25) is 0 Å². The van der Waals surface area contributed by atoms with Crippen LogP contribution in [0.1, 0.15) is 23.5 Å². The van der Waals surface area contributed by atoms with Crippen LogP contribution in [0.25, 0.3) is 11.1 Å². The first-order valence-corrected chi connectivity index (χ1v) is 10.6. The number of oxazole rings is 1. The lowest BCUT2D eigenvalue weighted by atomic mass is 9.88. The lowest BCUT2D eigenvalue weighted by molar-refractivity contribution is 0.120. The fourth-order valence-electron chi connectivity index (χ4n) is 5.05. The summed E-state index contributed by atoms with van der Waals surface area (Å²) in [4.78, 5) is 9.44. The molecule has 6 heteroatoms. The second-order valence-electron chi connectivity index (χ2n) is 8.38. The van der Waals surface area contributed by atoms with Gasteiger partial charge in [0, 0.05) is 49.5 Å². The number of hydrogen-bond donors (Lipinski definition) is 1. The first-order chi connectivity index (χ1) is 14.3. The van der Waals surface area contributed by atoms with Crippen LogP contribution in [0, 0.1) is 6.92 Å². The molecular formula is C23H26N4O2. The van der Waals surface area contributed by atoms with Gasteiger partial charge in [-0.05, 0) is 42.7 Å². The normalized spacial score (nSPS) is 23.8. The largest absolute Gasteiger partial charge is 0.423 e. The Kier molecular flexibility index (Phi) is 3.94. The number of benzene rings is 2. The van der Waals surface area contributed by atoms with E-state index in [-0.39, 0.29) is 0 Å². The van der Waals surface area contributed by atoms with Gasteiger partial charge in [0.25, 0.3) is 6.01 Å². The van der Waals surface area contributed by atoms with Crippen molar-refractivity contribution in [1.29, 1.82) is 0 Å². The predicted octanol–water partition coefficient (Wildman–Crippen LogP) is 3.76. The molecular weight excluding hydrogens is 364 g/mol. The van der Waals surface area contributed by atoms with Gasteiger partial charge in [0.15, 0.2) is 5.58 Å². The minimum absolute atomic E-state index is 0.538. The van der Waals surface area contributed by atoms with Gasteiger partial charge in [-0.1, -0.05) is 18.2 Å². The van der Waals surface area contributed by atoms with Gasteiger partial charge in [0.2, 0.25) is 0 Å². The van der Waals surface area contributed by atoms with Crippen LogP contribution in [-0.4, -0.2) is 50.4 Å². The summed E-state index contributed by atoms with van der Waals surface area (Å²) in [7, 11) is 0. The highest BCUT2D eigenvalue weighted by atomic mass is 16.5. The molecule has 6 rings (SSSR count). The molecule has 1 aromatic heterocycles. The Morgan fingerprint density at radius 3 is 2.86 bits per heavy atom. The predicted molar refractivity (Wildman–Crippen MR) is 115 cm³/mol. The molecule has 29 heavy (non-hydrogen) atoms. The standard InChI is InChI=1S/C23H26N4O2/c1-15-3-2-4-17-18-14-27(8-7-19(18)24-22(15)17)16-5-6-21-20(13-16)25-23(29-21)26-9-11-28-12-10-26/h2-6,13,18-19,24H,7-12,14H2,1H3. The zero-order valence-corrected chi connectivity index (χ0v) is 16.7. The van der Waals surface area contributed by atoms with Gasteiger partial charge < -0.3 is 24.3 Å². The molecule has 0 bridgehead atoms. The van der Waals surface area contributed by atoms with E-state index in [1.807, 2.05) is 0 Å². The van der Waals surface area contributed by atoms with Crippen molar-refractivity contribution in [3.8, 4) is 0 Å². The zero-order chi connectivity index (χ0) is 19.4. The number of fused-ring (bicyclic) bond motifs is 4. The van der Waals surface area contributed by atoms with Crippen LogP contribution in [0.2, 0.25) is 0 Å². The summed E-state index contributed by atoms with van der Waals surface area (Å²) in [6.07, 6.45) is 1.15. The number of aromatic nitrogens is 1. The summed E-state index contributed by atoms with van der Waals surface area (Å²) in [5, 5.41) is 3.78. The van der Waals surface area contributed by atoms with Crippen molar-refractivity contribution in [3.63, 3.8) is 0 Å². The average molecular weight is 390 g/mol. The number of para-hydroxylation sites is 1. The van der Waals surface area contributed by atoms with Gasteiger partial charge in [-0.15, -0.1) is 0 Å². The number of piperidine rings is 1. The number of hydrogen-bond acceptors (Lipinski definition) is 6. The minimum Gasteiger partial charge on any atom is -0.423 e. The van der Waals surface area contributed by atoms with Crippen molar-refractivity contribution < 1.29 is 9.15 Å². The van der Waals surface area contributed by atoms with Crippen LogP contribution in [0.5, 0.6) is 0 Å². The molecule has 4 heterocycles. The quantitative estimate of drug-likeness (QED) is 0.719. The molecule has 3 aliphatic heterocycles. The van der Waals surface area contributed by atoms with Crippen LogP contribution in [0.15, 0.2) is 40.8 Å². The molecule has 0 aliphatic carbocycles. The maximum atomic E-state index is 6.01. The van der Waals surface area contributed by atoms with Crippen LogP contribution in [-0.2, 0) is 4.74 Å². The lowest BCUT2D eigenvalue weighted by Gasteiger charge is -2.36. The maximum absolute atomic E-state index is 6.01. The molecule has 3 aliphatic rings. The first-order valence-electron chi connectivity index (χ1n) is 10.6. The Morgan fingerprint density at radius 1 is 1.07 bits per heavy atom. The molecule has 2 saturated heterocycles. The lowest BCUT2D eigenvalue weighted by Crippen LogP contribution is -2.42. The van der Waals surface area contributed by atoms with E-state index in [1.165, 1.54) is 22.5 Å². The highest BCUT2D eigenvalue weighted by Gasteiger charge is 2.37. The average Bonchev–Trinajstić information content (AvgIpc) is 3.36. The molecule has 0 saturated carbocycles. The highest BCUT2D eigenvalue weighted by molar-refractivity contribution is 5.79. The fourth-order valence-corrected chi connectivity index (χ4v) is 5.05. The summed E-state index contributed by atoms with van der Waals surface area (Å²) in [5.74, 6) is 0.538. The van der Waals surface area contributed by atoms with Gasteiger partial charge in [0.1, 0.15) is 5.52 Å². The molecule has 0 radical (unpaired) electrons. The highest BCUT2D eigenvalue weighted by Crippen LogP contribution is 2.42. The Bertz CT molecular complexity index is 1060. The van der Waals surface area contributed by atoms with Crippen LogP contribution in [0.3, 0.4) is 0 Å². The molecule has 2 fully saturated rings. The first kappa shape index (κ1) is 17.2. The smallest absolute Gasteiger partial charge is 0.298 e. The van der Waals surface area contributed by atoms with E-state index in [1.54, 1.807) is 0 Å². The fraction of sp³-hybridized carbons (Fsp3) is 0.435. The van der Waals surface area contributed by atoms with Crippen LogP contribution in [0.4, 0.5) is 17.4 Å². The summed E-state index contributed by atoms with van der Waals surface area (Å²) in [6.45, 7) is 7.42. The van der Waals surface area contributed by atoms with E-state index in [2.05, 4.69) is 58.4 Å². The molecule has 6 nitrogen and oxygen atoms in total. The Labute approximate surface area is 170 Å². The number of rotatable bonds is 2. The SMILES string of the molecule is Cc1cccc2c1NC1CCN(c3ccc4oc(N5CCOCC5)nc4c3)CC21. The third-order valence-electron chi connectivity index (χ3n) is 6.65. The molecule has 3 aromatic rings. The van der Waals surface area contributed by atoms with Gasteiger partial charge in [-0.2, -0.15) is 4.98 Å². The van der Waals surface area contributed by atoms with Crippen molar-refractivity contribution in [2.24, 2.45) is 0 Å². The summed E-state index contributed by atoms with van der Waals surface area (Å²) >= 11 is 0. The van der Waals surface area contributed by atoms with Crippen molar-refractivity contribution in [3.05, 3.63) is 47.5 Å². The van der Waals surface area contributed by atoms with E-state index >= 15 is 0 Å². The zero-order valence-electron chi connectivity index (χ0n) is 16.7. The summed E-state index contributed by atoms with van der Waals surface area (Å²) < 4.78 is 11.4. The monoisotopic (exact) mass is 390 g/mol. The third-order valence-corrected chi connectivity index (χ3v) is 6.65. The Morgan fingerprint density at radius 2 is 1.97 bits per heavy atom. The number of ether oxygens (including phenoxy) is 1. The van der Waals surface area contributed by atoms with Gasteiger partial charge in [-0.25, -0.2) is 0 Å². The molecule has 2 aromatic carbocycles. The number of morpholine rings is 1. The van der Waals surface area contributed by atoms with E-state index in [9.17, 15) is 0 Å². The maximum Gasteiger partial charge on any atom is 0.298 e. The number of nitrogens with one attached hydrogen (secondary N) is 1. The Hall–Kier alpha value is -2.73. The van der Waals surface area contributed by atoms with E-state index in [4.69, 9.17) is 14.1 Å².